The van der Waals surface area contributed by atoms with E-state index in [1.807, 2.05) is 35.9 Å². The van der Waals surface area contributed by atoms with Gasteiger partial charge in [-0.15, -0.1) is 0 Å². The number of anilines is 4. The van der Waals surface area contributed by atoms with E-state index in [4.69, 9.17) is 22.1 Å². The van der Waals surface area contributed by atoms with E-state index in [2.05, 4.69) is 15.3 Å². The molecule has 0 fully saturated rings. The van der Waals surface area contributed by atoms with Crippen molar-refractivity contribution in [3.8, 4) is 11.5 Å². The Morgan fingerprint density at radius 3 is 2.73 bits per heavy atom. The molecule has 2 aromatic carbocycles. The van der Waals surface area contributed by atoms with Gasteiger partial charge < -0.3 is 25.3 Å². The maximum absolute atomic E-state index is 10.9. The van der Waals surface area contributed by atoms with Gasteiger partial charge in [0.2, 0.25) is 12.4 Å². The van der Waals surface area contributed by atoms with Crippen LogP contribution in [-0.2, 0) is 11.8 Å². The molecule has 0 saturated heterocycles. The van der Waals surface area contributed by atoms with E-state index in [-0.39, 0.29) is 0 Å². The first-order valence-electron chi connectivity index (χ1n) is 9.05. The predicted octanol–water partition coefficient (Wildman–Crippen LogP) is 4.33. The van der Waals surface area contributed by atoms with Gasteiger partial charge in [0.15, 0.2) is 0 Å². The van der Waals surface area contributed by atoms with E-state index in [0.717, 1.165) is 16.7 Å². The minimum Gasteiger partial charge on any atom is -0.457 e. The number of carbonyl (C=O) groups is 1. The molecule has 0 saturated carbocycles. The molecule has 2 heterocycles. The molecule has 0 unspecified atom stereocenters. The number of rotatable bonds is 6. The highest BCUT2D eigenvalue weighted by Gasteiger charge is 2.11. The number of ether oxygens (including phenoxy) is 1. The van der Waals surface area contributed by atoms with Crippen molar-refractivity contribution in [2.24, 2.45) is 7.05 Å². The number of fused-ring (bicyclic) bond motifs is 1. The van der Waals surface area contributed by atoms with Gasteiger partial charge in [-0.05, 0) is 36.4 Å². The number of aryl methyl sites for hydroxylation is 1. The summed E-state index contributed by atoms with van der Waals surface area (Å²) in [5.41, 5.74) is 8.85. The van der Waals surface area contributed by atoms with Gasteiger partial charge >= 0.3 is 0 Å². The Bertz CT molecular complexity index is 1240. The number of nitrogens with one attached hydrogen (secondary N) is 1. The number of hydrogen-bond donors (Lipinski definition) is 2. The lowest BCUT2D eigenvalue weighted by Gasteiger charge is -2.11. The quantitative estimate of drug-likeness (QED) is 0.354. The standard InChI is InChI=1S/C21H19ClN6O2/c1-27(12-29)20-11-15(7-8-24-20)30-14-4-6-19-18(10-14)26-21(28(19)2)25-13-3-5-16(22)17(23)9-13/h3-12H,23H2,1-2H3,(H,25,26). The highest BCUT2D eigenvalue weighted by Crippen LogP contribution is 2.30. The monoisotopic (exact) mass is 422 g/mol. The molecule has 30 heavy (non-hydrogen) atoms. The summed E-state index contributed by atoms with van der Waals surface area (Å²) >= 11 is 5.99. The third-order valence-electron chi connectivity index (χ3n) is 4.58. The average Bonchev–Trinajstić information content (AvgIpc) is 3.05. The van der Waals surface area contributed by atoms with Crippen molar-refractivity contribution in [3.05, 3.63) is 59.8 Å². The number of nitrogens with two attached hydrogens (primary N) is 1. The van der Waals surface area contributed by atoms with Crippen LogP contribution < -0.4 is 20.7 Å². The van der Waals surface area contributed by atoms with Crippen LogP contribution in [-0.4, -0.2) is 28.0 Å². The van der Waals surface area contributed by atoms with Crippen LogP contribution in [0, 0.1) is 0 Å². The van der Waals surface area contributed by atoms with E-state index in [1.54, 1.807) is 37.5 Å². The average molecular weight is 423 g/mol. The molecule has 0 aliphatic heterocycles. The zero-order chi connectivity index (χ0) is 21.3. The lowest BCUT2D eigenvalue weighted by Crippen LogP contribution is -2.14. The first kappa shape index (κ1) is 19.5. The number of nitrogens with zero attached hydrogens (tertiary/aromatic N) is 4. The first-order chi connectivity index (χ1) is 14.4. The minimum atomic E-state index is 0.494. The van der Waals surface area contributed by atoms with E-state index in [9.17, 15) is 4.79 Å². The van der Waals surface area contributed by atoms with E-state index in [1.165, 1.54) is 4.90 Å². The number of amides is 1. The molecule has 152 valence electrons. The van der Waals surface area contributed by atoms with Gasteiger partial charge in [-0.3, -0.25) is 4.79 Å². The number of pyridine rings is 1. The molecule has 1 amide bonds. The van der Waals surface area contributed by atoms with Crippen molar-refractivity contribution in [2.45, 2.75) is 0 Å². The van der Waals surface area contributed by atoms with Crippen molar-refractivity contribution in [2.75, 3.05) is 23.0 Å². The van der Waals surface area contributed by atoms with Crippen molar-refractivity contribution >= 4 is 52.2 Å². The molecule has 0 spiro atoms. The van der Waals surface area contributed by atoms with Crippen LogP contribution >= 0.6 is 11.6 Å². The van der Waals surface area contributed by atoms with Crippen molar-refractivity contribution in [1.29, 1.82) is 0 Å². The molecule has 0 aliphatic rings. The molecule has 4 aromatic rings. The largest absolute Gasteiger partial charge is 0.457 e. The first-order valence-corrected chi connectivity index (χ1v) is 9.43. The van der Waals surface area contributed by atoms with E-state index < -0.39 is 0 Å². The second-order valence-corrected chi connectivity index (χ2v) is 7.08. The fraction of sp³-hybridized carbons (Fsp3) is 0.0952. The van der Waals surface area contributed by atoms with Gasteiger partial charge in [0.05, 0.1) is 21.7 Å². The van der Waals surface area contributed by atoms with Crippen LogP contribution in [0.1, 0.15) is 0 Å². The Morgan fingerprint density at radius 2 is 1.97 bits per heavy atom. The second kappa shape index (κ2) is 7.92. The van der Waals surface area contributed by atoms with Gasteiger partial charge in [-0.2, -0.15) is 0 Å². The molecule has 2 aromatic heterocycles. The molecule has 0 bridgehead atoms. The number of halogens is 1. The summed E-state index contributed by atoms with van der Waals surface area (Å²) in [6.45, 7) is 0. The van der Waals surface area contributed by atoms with Crippen molar-refractivity contribution < 1.29 is 9.53 Å². The van der Waals surface area contributed by atoms with Crippen LogP contribution in [0.15, 0.2) is 54.7 Å². The summed E-state index contributed by atoms with van der Waals surface area (Å²) in [7, 11) is 3.55. The molecule has 4 rings (SSSR count). The number of nitrogen functional groups attached to an aromatic ring is 1. The Labute approximate surface area is 177 Å². The molecule has 0 aliphatic carbocycles. The van der Waals surface area contributed by atoms with E-state index in [0.29, 0.717) is 40.4 Å². The number of carbonyl (C=O) groups excluding carboxylic acids is 1. The molecule has 9 heteroatoms. The predicted molar refractivity (Wildman–Crippen MR) is 119 cm³/mol. The minimum absolute atomic E-state index is 0.494. The second-order valence-electron chi connectivity index (χ2n) is 6.67. The Morgan fingerprint density at radius 1 is 1.17 bits per heavy atom. The smallest absolute Gasteiger partial charge is 0.215 e. The fourth-order valence-corrected chi connectivity index (χ4v) is 3.07. The third kappa shape index (κ3) is 3.85. The summed E-state index contributed by atoms with van der Waals surface area (Å²) in [6, 6.07) is 14.4. The van der Waals surface area contributed by atoms with Gasteiger partial charge in [0.1, 0.15) is 17.3 Å². The van der Waals surface area contributed by atoms with Crippen LogP contribution in [0.5, 0.6) is 11.5 Å². The van der Waals surface area contributed by atoms with Crippen LogP contribution in [0.25, 0.3) is 11.0 Å². The van der Waals surface area contributed by atoms with Crippen molar-refractivity contribution in [1.82, 2.24) is 14.5 Å². The van der Waals surface area contributed by atoms with Gasteiger partial charge in [-0.1, -0.05) is 11.6 Å². The summed E-state index contributed by atoms with van der Waals surface area (Å²) in [5.74, 6) is 2.34. The van der Waals surface area contributed by atoms with Gasteiger partial charge in [-0.25, -0.2) is 9.97 Å². The molecular formula is C21H19ClN6O2. The topological polar surface area (TPSA) is 98.3 Å². The van der Waals surface area contributed by atoms with Gasteiger partial charge in [0, 0.05) is 38.1 Å². The van der Waals surface area contributed by atoms with Crippen molar-refractivity contribution in [3.63, 3.8) is 0 Å². The SMILES string of the molecule is CN(C=O)c1cc(Oc2ccc3c(c2)nc(Nc2ccc(Cl)c(N)c2)n3C)ccn1. The molecule has 3 N–H and O–H groups in total. The summed E-state index contributed by atoms with van der Waals surface area (Å²) in [4.78, 5) is 21.1. The molecule has 0 atom stereocenters. The van der Waals surface area contributed by atoms with Gasteiger partial charge in [0.25, 0.3) is 0 Å². The zero-order valence-electron chi connectivity index (χ0n) is 16.3. The molecule has 8 nitrogen and oxygen atoms in total. The molecule has 0 radical (unpaired) electrons. The Kier molecular flexibility index (Phi) is 5.16. The lowest BCUT2D eigenvalue weighted by molar-refractivity contribution is -0.107. The lowest BCUT2D eigenvalue weighted by atomic mass is 10.3. The normalized spacial score (nSPS) is 10.8. The summed E-state index contributed by atoms with van der Waals surface area (Å²) in [5, 5.41) is 3.76. The zero-order valence-corrected chi connectivity index (χ0v) is 17.1. The summed E-state index contributed by atoms with van der Waals surface area (Å²) < 4.78 is 7.87. The number of aromatic nitrogens is 3. The van der Waals surface area contributed by atoms with Crippen LogP contribution in [0.3, 0.4) is 0 Å². The highest BCUT2D eigenvalue weighted by atomic mass is 35.5. The Balaban J connectivity index is 1.60. The maximum Gasteiger partial charge on any atom is 0.215 e. The number of hydrogen-bond acceptors (Lipinski definition) is 6. The molecular weight excluding hydrogens is 404 g/mol. The summed E-state index contributed by atoms with van der Waals surface area (Å²) in [6.07, 6.45) is 2.28. The third-order valence-corrected chi connectivity index (χ3v) is 4.92. The maximum atomic E-state index is 10.9. The van der Waals surface area contributed by atoms with Crippen LogP contribution in [0.4, 0.5) is 23.1 Å². The van der Waals surface area contributed by atoms with Crippen LogP contribution in [0.2, 0.25) is 5.02 Å². The number of imidazole rings is 1. The fourth-order valence-electron chi connectivity index (χ4n) is 2.95. The Hall–Kier alpha value is -3.78. The highest BCUT2D eigenvalue weighted by molar-refractivity contribution is 6.33. The number of benzene rings is 2. The van der Waals surface area contributed by atoms with E-state index >= 15 is 0 Å².